The molecule has 0 aliphatic heterocycles. The largest absolute Gasteiger partial charge is 0.454 e. The van der Waals surface area contributed by atoms with Crippen molar-refractivity contribution in [1.82, 2.24) is 0 Å². The summed E-state index contributed by atoms with van der Waals surface area (Å²) in [6.45, 7) is 0.952. The summed E-state index contributed by atoms with van der Waals surface area (Å²) < 4.78 is 43.0. The molecule has 0 rings (SSSR count). The Bertz CT molecular complexity index is 324. The van der Waals surface area contributed by atoms with Crippen LogP contribution in [0.15, 0.2) is 0 Å². The first kappa shape index (κ1) is 12.6. The topological polar surface area (TPSA) is 118 Å². The van der Waals surface area contributed by atoms with Crippen LogP contribution in [0.4, 0.5) is 0 Å². The van der Waals surface area contributed by atoms with Gasteiger partial charge in [0.15, 0.2) is 12.1 Å². The summed E-state index contributed by atoms with van der Waals surface area (Å²) in [6, 6.07) is 0. The van der Waals surface area contributed by atoms with Gasteiger partial charge in [-0.05, 0) is 0 Å². The second-order valence-corrected chi connectivity index (χ2v) is 6.24. The maximum Gasteiger partial charge on any atom is 0.324 e. The third-order valence-corrected chi connectivity index (χ3v) is 1.97. The summed E-state index contributed by atoms with van der Waals surface area (Å²) >= 11 is 0. The van der Waals surface area contributed by atoms with Crippen LogP contribution in [0.2, 0.25) is 0 Å². The Morgan fingerprint density at radius 2 is 2.00 bits per heavy atom. The molecule has 0 saturated heterocycles. The van der Waals surface area contributed by atoms with Crippen molar-refractivity contribution in [3.63, 3.8) is 0 Å². The number of carbonyl (C=O) groups is 1. The zero-order chi connectivity index (χ0) is 10.7. The minimum Gasteiger partial charge on any atom is -0.454 e. The summed E-state index contributed by atoms with van der Waals surface area (Å²) in [7, 11) is -7.94. The Kier molecular flexibility index (Phi) is 4.05. The zero-order valence-electron chi connectivity index (χ0n) is 6.71. The highest BCUT2D eigenvalue weighted by molar-refractivity contribution is 7.86. The van der Waals surface area contributed by atoms with Crippen molar-refractivity contribution in [2.24, 2.45) is 0 Å². The van der Waals surface area contributed by atoms with Gasteiger partial charge in [-0.25, -0.2) is 0 Å². The van der Waals surface area contributed by atoms with E-state index in [0.29, 0.717) is 0 Å². The van der Waals surface area contributed by atoms with Gasteiger partial charge in [0.1, 0.15) is 0 Å². The van der Waals surface area contributed by atoms with Gasteiger partial charge in [0, 0.05) is 6.66 Å². The zero-order valence-corrected chi connectivity index (χ0v) is 8.42. The molecule has 1 atom stereocenters. The highest BCUT2D eigenvalue weighted by atomic mass is 32.2. The van der Waals surface area contributed by atoms with Gasteiger partial charge in [-0.1, -0.05) is 0 Å². The van der Waals surface area contributed by atoms with Crippen molar-refractivity contribution in [3.05, 3.63) is 0 Å². The summed E-state index contributed by atoms with van der Waals surface area (Å²) in [5, 5.41) is 0. The number of carbonyl (C=O) groups excluding carboxylic acids is 1. The van der Waals surface area contributed by atoms with Crippen molar-refractivity contribution in [2.45, 2.75) is 0 Å². The lowest BCUT2D eigenvalue weighted by molar-refractivity contribution is -0.138. The Hall–Kier alpha value is -0.430. The quantitative estimate of drug-likeness (QED) is 0.372. The van der Waals surface area contributed by atoms with Crippen LogP contribution in [-0.2, 0) is 24.2 Å². The number of hydrogen-bond donors (Lipinski definition) is 2. The maximum absolute atomic E-state index is 10.6. The molecule has 78 valence electrons. The molecule has 0 saturated carbocycles. The summed E-state index contributed by atoms with van der Waals surface area (Å²) in [5.41, 5.74) is 0. The van der Waals surface area contributed by atoms with Gasteiger partial charge < -0.3 is 9.63 Å². The van der Waals surface area contributed by atoms with E-state index >= 15 is 0 Å². The van der Waals surface area contributed by atoms with E-state index in [9.17, 15) is 17.8 Å². The average molecular weight is 232 g/mol. The number of rotatable bonds is 4. The van der Waals surface area contributed by atoms with Crippen LogP contribution < -0.4 is 0 Å². The summed E-state index contributed by atoms with van der Waals surface area (Å²) in [4.78, 5) is 19.1. The molecule has 7 nitrogen and oxygen atoms in total. The molecular formula is C4H9O7PS. The van der Waals surface area contributed by atoms with E-state index in [1.54, 1.807) is 0 Å². The third kappa shape index (κ3) is 9.48. The Morgan fingerprint density at radius 1 is 1.54 bits per heavy atom. The first-order valence-corrected chi connectivity index (χ1v) is 6.90. The number of esters is 1. The lowest BCUT2D eigenvalue weighted by Gasteiger charge is -2.05. The number of hydrogen-bond acceptors (Lipinski definition) is 5. The van der Waals surface area contributed by atoms with Crippen LogP contribution in [0.25, 0.3) is 0 Å². The molecule has 9 heteroatoms. The van der Waals surface area contributed by atoms with Gasteiger partial charge in [0.2, 0.25) is 7.37 Å². The first-order chi connectivity index (χ1) is 5.60. The van der Waals surface area contributed by atoms with E-state index in [1.165, 1.54) is 0 Å². The molecule has 13 heavy (non-hydrogen) atoms. The molecule has 0 amide bonds. The first-order valence-electron chi connectivity index (χ1n) is 3.00. The molecule has 0 fully saturated rings. The molecule has 0 aliphatic rings. The lowest BCUT2D eigenvalue weighted by atomic mass is 10.8. The predicted octanol–water partition coefficient (Wildman–Crippen LogP) is -0.725. The highest BCUT2D eigenvalue weighted by Gasteiger charge is 2.18. The van der Waals surface area contributed by atoms with E-state index in [2.05, 4.69) is 4.74 Å². The Labute approximate surface area is 74.9 Å². The summed E-state index contributed by atoms with van der Waals surface area (Å²) in [6.07, 6.45) is -0.763. The molecule has 0 aromatic heterocycles. The Morgan fingerprint density at radius 3 is 2.31 bits per heavy atom. The second-order valence-electron chi connectivity index (χ2n) is 2.42. The van der Waals surface area contributed by atoms with Crippen LogP contribution in [0, 0.1) is 0 Å². The molecule has 0 radical (unpaired) electrons. The van der Waals surface area contributed by atoms with Gasteiger partial charge in [-0.2, -0.15) is 8.42 Å². The van der Waals surface area contributed by atoms with Crippen LogP contribution in [0.5, 0.6) is 0 Å². The normalized spacial score (nSPS) is 16.2. The smallest absolute Gasteiger partial charge is 0.324 e. The molecule has 2 N–H and O–H groups in total. The van der Waals surface area contributed by atoms with Crippen LogP contribution in [-0.4, -0.2) is 42.6 Å². The van der Waals surface area contributed by atoms with Gasteiger partial charge >= 0.3 is 5.97 Å². The number of ether oxygens (including phenoxy) is 1. The molecule has 0 aromatic carbocycles. The lowest BCUT2D eigenvalue weighted by Crippen LogP contribution is -2.18. The van der Waals surface area contributed by atoms with Crippen LogP contribution in [0.3, 0.4) is 0 Å². The highest BCUT2D eigenvalue weighted by Crippen LogP contribution is 2.34. The third-order valence-electron chi connectivity index (χ3n) is 0.765. The van der Waals surface area contributed by atoms with Crippen LogP contribution in [0.1, 0.15) is 0 Å². The van der Waals surface area contributed by atoms with Gasteiger partial charge in [0.25, 0.3) is 10.1 Å². The Balaban J connectivity index is 3.99. The maximum atomic E-state index is 10.6. The minimum absolute atomic E-state index is 0.763. The minimum atomic E-state index is -4.44. The van der Waals surface area contributed by atoms with Crippen molar-refractivity contribution >= 4 is 23.5 Å². The van der Waals surface area contributed by atoms with Crippen molar-refractivity contribution in [3.8, 4) is 0 Å². The van der Waals surface area contributed by atoms with E-state index in [-0.39, 0.29) is 0 Å². The second kappa shape index (κ2) is 4.19. The standard InChI is InChI=1S/C4H9O7PS/c1-12(6,7)3-11-4(5)2-13(8,9)10/h2-3H2,1H3,(H,6,7)(H,8,9,10). The van der Waals surface area contributed by atoms with Crippen LogP contribution >= 0.6 is 7.37 Å². The molecule has 0 spiro atoms. The molecular weight excluding hydrogens is 223 g/mol. The van der Waals surface area contributed by atoms with Gasteiger partial charge in [-0.3, -0.25) is 13.9 Å². The van der Waals surface area contributed by atoms with Gasteiger partial charge in [-0.15, -0.1) is 0 Å². The molecule has 0 bridgehead atoms. The molecule has 0 heterocycles. The van der Waals surface area contributed by atoms with Crippen molar-refractivity contribution in [1.29, 1.82) is 0 Å². The van der Waals surface area contributed by atoms with Crippen molar-refractivity contribution in [2.75, 3.05) is 18.8 Å². The van der Waals surface area contributed by atoms with E-state index < -0.39 is 35.6 Å². The monoisotopic (exact) mass is 232 g/mol. The van der Waals surface area contributed by atoms with Gasteiger partial charge in [0.05, 0.1) is 0 Å². The summed E-state index contributed by atoms with van der Waals surface area (Å²) in [5.74, 6) is -2.48. The molecule has 0 aromatic rings. The molecule has 0 aliphatic carbocycles. The fourth-order valence-corrected chi connectivity index (χ4v) is 1.15. The van der Waals surface area contributed by atoms with Crippen molar-refractivity contribution < 1.29 is 32.0 Å². The average Bonchev–Trinajstić information content (AvgIpc) is 1.78. The fraction of sp³-hybridized carbons (Fsp3) is 0.750. The van der Waals surface area contributed by atoms with E-state index in [0.717, 1.165) is 6.66 Å². The predicted molar refractivity (Wildman–Crippen MR) is 43.1 cm³/mol. The fourth-order valence-electron chi connectivity index (χ4n) is 0.382. The molecule has 1 unspecified atom stereocenters. The van der Waals surface area contributed by atoms with E-state index in [4.69, 9.17) is 9.45 Å². The van der Waals surface area contributed by atoms with E-state index in [1.807, 2.05) is 0 Å². The SMILES string of the molecule is CP(=O)(O)COC(=O)CS(=O)(=O)O.